The van der Waals surface area contributed by atoms with Crippen molar-refractivity contribution in [2.75, 3.05) is 29.5 Å². The van der Waals surface area contributed by atoms with Gasteiger partial charge in [0.05, 0.1) is 11.4 Å². The number of nitrogens with zero attached hydrogens (tertiary/aromatic N) is 1. The first-order valence-corrected chi connectivity index (χ1v) is 10.8. The molecule has 0 fully saturated rings. The van der Waals surface area contributed by atoms with E-state index in [0.717, 1.165) is 4.31 Å². The average Bonchev–Trinajstić information content (AvgIpc) is 2.75. The molecule has 0 spiro atoms. The third kappa shape index (κ3) is 6.14. The molecular formula is C22H22N4O4S. The van der Waals surface area contributed by atoms with Crippen molar-refractivity contribution in [3.8, 4) is 0 Å². The molecule has 0 heterocycles. The monoisotopic (exact) mass is 438 g/mol. The van der Waals surface area contributed by atoms with Gasteiger partial charge in [0.2, 0.25) is 15.9 Å². The van der Waals surface area contributed by atoms with Crippen LogP contribution in [-0.2, 0) is 14.8 Å². The Balaban J connectivity index is 1.59. The topological polar surface area (TPSA) is 108 Å². The van der Waals surface area contributed by atoms with Crippen LogP contribution in [0.3, 0.4) is 0 Å². The van der Waals surface area contributed by atoms with Gasteiger partial charge in [0.25, 0.3) is 0 Å². The van der Waals surface area contributed by atoms with Crippen molar-refractivity contribution in [2.24, 2.45) is 0 Å². The predicted molar refractivity (Wildman–Crippen MR) is 120 cm³/mol. The second-order valence-corrected chi connectivity index (χ2v) is 8.69. The third-order valence-electron chi connectivity index (χ3n) is 4.25. The van der Waals surface area contributed by atoms with Gasteiger partial charge >= 0.3 is 6.03 Å². The highest BCUT2D eigenvalue weighted by Gasteiger charge is 2.22. The zero-order valence-electron chi connectivity index (χ0n) is 16.8. The van der Waals surface area contributed by atoms with Gasteiger partial charge in [-0.05, 0) is 42.5 Å². The zero-order chi connectivity index (χ0) is 22.3. The quantitative estimate of drug-likeness (QED) is 0.524. The van der Waals surface area contributed by atoms with Crippen molar-refractivity contribution in [3.05, 3.63) is 84.9 Å². The molecule has 0 aliphatic carbocycles. The molecule has 0 radical (unpaired) electrons. The largest absolute Gasteiger partial charge is 0.325 e. The second kappa shape index (κ2) is 9.88. The fraction of sp³-hybridized carbons (Fsp3) is 0.0909. The molecule has 0 aliphatic rings. The highest BCUT2D eigenvalue weighted by molar-refractivity contribution is 7.89. The maximum Gasteiger partial charge on any atom is 0.323 e. The molecule has 3 aromatic rings. The Labute approximate surface area is 180 Å². The van der Waals surface area contributed by atoms with Gasteiger partial charge < -0.3 is 16.0 Å². The summed E-state index contributed by atoms with van der Waals surface area (Å²) in [5.41, 5.74) is 1.54. The summed E-state index contributed by atoms with van der Waals surface area (Å²) in [6.45, 7) is -0.358. The van der Waals surface area contributed by atoms with Crippen LogP contribution in [0.15, 0.2) is 89.8 Å². The molecule has 0 atom stereocenters. The smallest absolute Gasteiger partial charge is 0.323 e. The standard InChI is InChI=1S/C22H22N4O4S/c1-26(31(29,30)20-13-6-3-7-14-20)16-21(27)23-18-11-8-12-19(15-18)25-22(28)24-17-9-4-2-5-10-17/h2-15H,16H2,1H3,(H,23,27)(H2,24,25,28). The fourth-order valence-corrected chi connectivity index (χ4v) is 3.90. The summed E-state index contributed by atoms with van der Waals surface area (Å²) in [4.78, 5) is 24.6. The van der Waals surface area contributed by atoms with E-state index in [9.17, 15) is 18.0 Å². The number of likely N-dealkylation sites (N-methyl/N-ethyl adjacent to an activating group) is 1. The van der Waals surface area contributed by atoms with E-state index in [-0.39, 0.29) is 11.4 Å². The van der Waals surface area contributed by atoms with Crippen LogP contribution < -0.4 is 16.0 Å². The normalized spacial score (nSPS) is 11.0. The van der Waals surface area contributed by atoms with Gasteiger partial charge in [0, 0.05) is 24.1 Å². The van der Waals surface area contributed by atoms with E-state index in [1.54, 1.807) is 66.7 Å². The van der Waals surface area contributed by atoms with E-state index < -0.39 is 22.0 Å². The number of sulfonamides is 1. The van der Waals surface area contributed by atoms with Crippen LogP contribution in [0.1, 0.15) is 0 Å². The first-order chi connectivity index (χ1) is 14.8. The Kier molecular flexibility index (Phi) is 7.01. The minimum Gasteiger partial charge on any atom is -0.325 e. The Morgan fingerprint density at radius 2 is 1.26 bits per heavy atom. The summed E-state index contributed by atoms with van der Waals surface area (Å²) in [6.07, 6.45) is 0. The molecule has 0 aliphatic heterocycles. The number of nitrogens with one attached hydrogen (secondary N) is 3. The van der Waals surface area contributed by atoms with Gasteiger partial charge in [0.1, 0.15) is 0 Å². The Hall–Kier alpha value is -3.69. The second-order valence-electron chi connectivity index (χ2n) is 6.65. The maximum absolute atomic E-state index is 12.5. The molecule has 160 valence electrons. The van der Waals surface area contributed by atoms with E-state index in [1.807, 2.05) is 6.07 Å². The van der Waals surface area contributed by atoms with Crippen LogP contribution in [0.25, 0.3) is 0 Å². The summed E-state index contributed by atoms with van der Waals surface area (Å²) in [5.74, 6) is -0.507. The summed E-state index contributed by atoms with van der Waals surface area (Å²) in [7, 11) is -2.43. The number of para-hydroxylation sites is 1. The Morgan fingerprint density at radius 1 is 0.742 bits per heavy atom. The van der Waals surface area contributed by atoms with E-state index in [0.29, 0.717) is 17.1 Å². The van der Waals surface area contributed by atoms with Crippen molar-refractivity contribution in [1.82, 2.24) is 4.31 Å². The van der Waals surface area contributed by atoms with Crippen molar-refractivity contribution in [2.45, 2.75) is 4.90 Å². The van der Waals surface area contributed by atoms with Gasteiger partial charge in [0.15, 0.2) is 0 Å². The predicted octanol–water partition coefficient (Wildman–Crippen LogP) is 3.59. The molecule has 31 heavy (non-hydrogen) atoms. The lowest BCUT2D eigenvalue weighted by Crippen LogP contribution is -2.34. The van der Waals surface area contributed by atoms with Gasteiger partial charge in [-0.1, -0.05) is 42.5 Å². The molecule has 3 N–H and O–H groups in total. The number of carbonyl (C=O) groups excluding carboxylic acids is 2. The van der Waals surface area contributed by atoms with E-state index in [2.05, 4.69) is 16.0 Å². The minimum absolute atomic E-state index is 0.112. The number of benzene rings is 3. The lowest BCUT2D eigenvalue weighted by molar-refractivity contribution is -0.116. The van der Waals surface area contributed by atoms with E-state index >= 15 is 0 Å². The first kappa shape index (κ1) is 22.0. The number of carbonyl (C=O) groups is 2. The van der Waals surface area contributed by atoms with Crippen LogP contribution >= 0.6 is 0 Å². The van der Waals surface area contributed by atoms with Crippen LogP contribution in [0.4, 0.5) is 21.9 Å². The highest BCUT2D eigenvalue weighted by Crippen LogP contribution is 2.17. The van der Waals surface area contributed by atoms with Crippen molar-refractivity contribution in [1.29, 1.82) is 0 Å². The maximum atomic E-state index is 12.5. The molecular weight excluding hydrogens is 416 g/mol. The number of hydrogen-bond acceptors (Lipinski definition) is 4. The highest BCUT2D eigenvalue weighted by atomic mass is 32.2. The summed E-state index contributed by atoms with van der Waals surface area (Å²) < 4.78 is 26.1. The van der Waals surface area contributed by atoms with Crippen LogP contribution in [-0.4, -0.2) is 38.3 Å². The number of anilines is 3. The molecule has 0 bridgehead atoms. The molecule has 0 aromatic heterocycles. The molecule has 3 rings (SSSR count). The first-order valence-electron chi connectivity index (χ1n) is 9.39. The molecule has 0 unspecified atom stereocenters. The zero-order valence-corrected chi connectivity index (χ0v) is 17.6. The molecule has 8 nitrogen and oxygen atoms in total. The minimum atomic E-state index is -3.77. The number of hydrogen-bond donors (Lipinski definition) is 3. The molecule has 3 aromatic carbocycles. The van der Waals surface area contributed by atoms with Crippen LogP contribution in [0.5, 0.6) is 0 Å². The lowest BCUT2D eigenvalue weighted by atomic mass is 10.2. The third-order valence-corrected chi connectivity index (χ3v) is 6.07. The number of rotatable bonds is 7. The molecule has 9 heteroatoms. The SMILES string of the molecule is CN(CC(=O)Nc1cccc(NC(=O)Nc2ccccc2)c1)S(=O)(=O)c1ccccc1. The fourth-order valence-electron chi connectivity index (χ4n) is 2.75. The van der Waals surface area contributed by atoms with Gasteiger partial charge in [-0.3, -0.25) is 4.79 Å². The lowest BCUT2D eigenvalue weighted by Gasteiger charge is -2.17. The Morgan fingerprint density at radius 3 is 1.90 bits per heavy atom. The van der Waals surface area contributed by atoms with Crippen LogP contribution in [0, 0.1) is 0 Å². The summed E-state index contributed by atoms with van der Waals surface area (Å²) in [5, 5.41) is 8.02. The molecule has 0 saturated carbocycles. The van der Waals surface area contributed by atoms with Gasteiger partial charge in [-0.15, -0.1) is 0 Å². The average molecular weight is 439 g/mol. The van der Waals surface area contributed by atoms with Gasteiger partial charge in [-0.2, -0.15) is 4.31 Å². The van der Waals surface area contributed by atoms with Crippen molar-refractivity contribution in [3.63, 3.8) is 0 Å². The number of amides is 3. The van der Waals surface area contributed by atoms with Crippen molar-refractivity contribution < 1.29 is 18.0 Å². The van der Waals surface area contributed by atoms with Crippen molar-refractivity contribution >= 4 is 39.0 Å². The van der Waals surface area contributed by atoms with Crippen LogP contribution in [0.2, 0.25) is 0 Å². The number of urea groups is 1. The molecule has 0 saturated heterocycles. The Bertz CT molecular complexity index is 1150. The van der Waals surface area contributed by atoms with E-state index in [4.69, 9.17) is 0 Å². The van der Waals surface area contributed by atoms with E-state index in [1.165, 1.54) is 19.2 Å². The van der Waals surface area contributed by atoms with Gasteiger partial charge in [-0.25, -0.2) is 13.2 Å². The summed E-state index contributed by atoms with van der Waals surface area (Å²) in [6, 6.07) is 23.0. The molecule has 3 amide bonds. The summed E-state index contributed by atoms with van der Waals surface area (Å²) >= 11 is 0.